The van der Waals surface area contributed by atoms with Crippen molar-refractivity contribution in [2.24, 2.45) is 12.2 Å². The predicted molar refractivity (Wildman–Crippen MR) is 55.6 cm³/mol. The molecule has 0 spiro atoms. The highest BCUT2D eigenvalue weighted by atomic mass is 35.5. The van der Waals surface area contributed by atoms with Crippen molar-refractivity contribution in [2.45, 2.75) is 0 Å². The summed E-state index contributed by atoms with van der Waals surface area (Å²) >= 11 is 5.93. The second-order valence-electron chi connectivity index (χ2n) is 2.89. The third-order valence-corrected chi connectivity index (χ3v) is 2.36. The number of nitrogens with two attached hydrogens (primary N) is 1. The number of aromatic nitrogens is 2. The lowest BCUT2D eigenvalue weighted by molar-refractivity contribution is 0.802. The molecular formula is C8H7ClN4O. The Bertz CT molecular complexity index is 520. The molecule has 0 saturated carbocycles. The molecule has 0 unspecified atom stereocenters. The fourth-order valence-electron chi connectivity index (χ4n) is 1.46. The third-order valence-electron chi connectivity index (χ3n) is 2.04. The van der Waals surface area contributed by atoms with E-state index in [9.17, 15) is 4.91 Å². The highest BCUT2D eigenvalue weighted by molar-refractivity contribution is 6.36. The number of hydrogen-bond donors (Lipinski definition) is 1. The Morgan fingerprint density at radius 2 is 2.29 bits per heavy atom. The maximum Gasteiger partial charge on any atom is 0.154 e. The molecule has 0 aliphatic heterocycles. The van der Waals surface area contributed by atoms with Crippen molar-refractivity contribution in [3.8, 4) is 0 Å². The van der Waals surface area contributed by atoms with E-state index in [0.29, 0.717) is 21.7 Å². The molecule has 0 amide bonds. The Morgan fingerprint density at radius 1 is 1.57 bits per heavy atom. The van der Waals surface area contributed by atoms with E-state index in [0.717, 1.165) is 0 Å². The molecule has 1 aromatic heterocycles. The average Bonchev–Trinajstić information content (AvgIpc) is 2.44. The monoisotopic (exact) mass is 210 g/mol. The molecule has 5 nitrogen and oxygen atoms in total. The predicted octanol–water partition coefficient (Wildman–Crippen LogP) is 2.21. The molecule has 2 aromatic rings. The molecule has 2 rings (SSSR count). The molecule has 72 valence electrons. The molecule has 0 saturated heterocycles. The zero-order valence-electron chi connectivity index (χ0n) is 7.36. The summed E-state index contributed by atoms with van der Waals surface area (Å²) in [5, 5.41) is 7.91. The number of fused-ring (bicyclic) bond motifs is 1. The zero-order chi connectivity index (χ0) is 10.3. The van der Waals surface area contributed by atoms with Gasteiger partial charge in [-0.1, -0.05) is 11.6 Å². The van der Waals surface area contributed by atoms with Crippen molar-refractivity contribution in [1.82, 2.24) is 9.78 Å². The number of nitroso groups, excluding NO2 is 1. The lowest BCUT2D eigenvalue weighted by atomic mass is 10.2. The van der Waals surface area contributed by atoms with Gasteiger partial charge < -0.3 is 5.73 Å². The normalized spacial score (nSPS) is 10.7. The minimum absolute atomic E-state index is 0.288. The first-order chi connectivity index (χ1) is 6.65. The van der Waals surface area contributed by atoms with Crippen molar-refractivity contribution in [3.63, 3.8) is 0 Å². The van der Waals surface area contributed by atoms with Gasteiger partial charge in [-0.25, -0.2) is 0 Å². The summed E-state index contributed by atoms with van der Waals surface area (Å²) in [5.41, 5.74) is 6.49. The summed E-state index contributed by atoms with van der Waals surface area (Å²) in [4.78, 5) is 10.5. The lowest BCUT2D eigenvalue weighted by Crippen LogP contribution is -1.91. The molecule has 2 N–H and O–H groups in total. The fraction of sp³-hybridized carbons (Fsp3) is 0.125. The molecule has 0 aliphatic carbocycles. The van der Waals surface area contributed by atoms with Crippen LogP contribution in [0.5, 0.6) is 0 Å². The van der Waals surface area contributed by atoms with Gasteiger partial charge in [0, 0.05) is 7.05 Å². The van der Waals surface area contributed by atoms with Crippen LogP contribution >= 0.6 is 11.6 Å². The second kappa shape index (κ2) is 2.95. The Morgan fingerprint density at radius 3 is 2.93 bits per heavy atom. The maximum atomic E-state index is 10.5. The third kappa shape index (κ3) is 1.06. The van der Waals surface area contributed by atoms with E-state index < -0.39 is 0 Å². The van der Waals surface area contributed by atoms with Crippen molar-refractivity contribution < 1.29 is 0 Å². The minimum atomic E-state index is 0.288. The van der Waals surface area contributed by atoms with Crippen LogP contribution in [-0.4, -0.2) is 9.78 Å². The quantitative estimate of drug-likeness (QED) is 0.734. The van der Waals surface area contributed by atoms with E-state index in [4.69, 9.17) is 17.3 Å². The molecule has 0 fully saturated rings. The van der Waals surface area contributed by atoms with Crippen molar-refractivity contribution in [3.05, 3.63) is 22.1 Å². The molecule has 1 aromatic carbocycles. The number of nitrogen functional groups attached to an aromatic ring is 1. The van der Waals surface area contributed by atoms with Gasteiger partial charge in [0.25, 0.3) is 0 Å². The van der Waals surface area contributed by atoms with Crippen molar-refractivity contribution >= 4 is 34.0 Å². The molecule has 6 heteroatoms. The van der Waals surface area contributed by atoms with Crippen LogP contribution < -0.4 is 5.73 Å². The molecule has 0 atom stereocenters. The fourth-order valence-corrected chi connectivity index (χ4v) is 1.71. The summed E-state index contributed by atoms with van der Waals surface area (Å²) in [5.74, 6) is 0.304. The van der Waals surface area contributed by atoms with Crippen LogP contribution in [0, 0.1) is 4.91 Å². The summed E-state index contributed by atoms with van der Waals surface area (Å²) in [6.45, 7) is 0. The number of hydrogen-bond acceptors (Lipinski definition) is 4. The molecule has 0 aliphatic rings. The summed E-state index contributed by atoms with van der Waals surface area (Å²) < 4.78 is 1.49. The number of aryl methyl sites for hydroxylation is 1. The second-order valence-corrected chi connectivity index (χ2v) is 3.30. The summed E-state index contributed by atoms with van der Waals surface area (Å²) in [6, 6.07) is 3.12. The highest BCUT2D eigenvalue weighted by Crippen LogP contribution is 2.34. The van der Waals surface area contributed by atoms with Crippen LogP contribution in [0.25, 0.3) is 10.9 Å². The van der Waals surface area contributed by atoms with Crippen LogP contribution in [0.4, 0.5) is 11.5 Å². The van der Waals surface area contributed by atoms with Gasteiger partial charge >= 0.3 is 0 Å². The Balaban J connectivity index is 3.01. The minimum Gasteiger partial charge on any atom is -0.382 e. The largest absolute Gasteiger partial charge is 0.382 e. The van der Waals surface area contributed by atoms with Crippen molar-refractivity contribution in [2.75, 3.05) is 5.73 Å². The van der Waals surface area contributed by atoms with Crippen LogP contribution in [-0.2, 0) is 7.05 Å². The van der Waals surface area contributed by atoms with E-state index in [1.54, 1.807) is 19.2 Å². The Hall–Kier alpha value is -1.62. The van der Waals surface area contributed by atoms with Crippen LogP contribution in [0.1, 0.15) is 0 Å². The summed E-state index contributed by atoms with van der Waals surface area (Å²) in [6.07, 6.45) is 0. The van der Waals surface area contributed by atoms with E-state index in [2.05, 4.69) is 10.3 Å². The SMILES string of the molecule is Cn1nc(N)c2c(Cl)ccc(N=O)c21. The summed E-state index contributed by atoms with van der Waals surface area (Å²) in [7, 11) is 1.68. The van der Waals surface area contributed by atoms with Gasteiger partial charge in [0.2, 0.25) is 0 Å². The van der Waals surface area contributed by atoms with Crippen LogP contribution in [0.15, 0.2) is 17.3 Å². The number of rotatable bonds is 1. The molecule has 0 radical (unpaired) electrons. The average molecular weight is 211 g/mol. The topological polar surface area (TPSA) is 73.3 Å². The first-order valence-corrected chi connectivity index (χ1v) is 4.27. The van der Waals surface area contributed by atoms with E-state index in [1.165, 1.54) is 4.68 Å². The van der Waals surface area contributed by atoms with E-state index >= 15 is 0 Å². The molecule has 0 bridgehead atoms. The molecule has 1 heterocycles. The Kier molecular flexibility index (Phi) is 1.89. The number of anilines is 1. The standard InChI is InChI=1S/C8H7ClN4O/c1-13-7-5(12-14)3-2-4(9)6(7)8(10)11-13/h2-3H,1H3,(H2,10,11). The Labute approximate surface area is 84.4 Å². The molecular weight excluding hydrogens is 204 g/mol. The van der Waals surface area contributed by atoms with E-state index in [1.807, 2.05) is 0 Å². The highest BCUT2D eigenvalue weighted by Gasteiger charge is 2.13. The smallest absolute Gasteiger partial charge is 0.154 e. The lowest BCUT2D eigenvalue weighted by Gasteiger charge is -1.97. The van der Waals surface area contributed by atoms with Gasteiger partial charge in [-0.05, 0) is 17.3 Å². The first kappa shape index (κ1) is 8.96. The van der Waals surface area contributed by atoms with Gasteiger partial charge in [-0.3, -0.25) is 4.68 Å². The van der Waals surface area contributed by atoms with E-state index in [-0.39, 0.29) is 5.69 Å². The van der Waals surface area contributed by atoms with Gasteiger partial charge in [0.15, 0.2) is 5.82 Å². The number of benzene rings is 1. The number of nitrogens with zero attached hydrogens (tertiary/aromatic N) is 3. The molecule has 14 heavy (non-hydrogen) atoms. The maximum absolute atomic E-state index is 10.5. The van der Waals surface area contributed by atoms with Crippen molar-refractivity contribution in [1.29, 1.82) is 0 Å². The van der Waals surface area contributed by atoms with Crippen LogP contribution in [0.2, 0.25) is 5.02 Å². The first-order valence-electron chi connectivity index (χ1n) is 3.89. The van der Waals surface area contributed by atoms with Gasteiger partial charge in [0.1, 0.15) is 11.2 Å². The van der Waals surface area contributed by atoms with Gasteiger partial charge in [0.05, 0.1) is 10.4 Å². The van der Waals surface area contributed by atoms with Gasteiger partial charge in [-0.2, -0.15) is 5.10 Å². The van der Waals surface area contributed by atoms with Crippen LogP contribution in [0.3, 0.4) is 0 Å². The number of halogens is 1. The zero-order valence-corrected chi connectivity index (χ0v) is 8.12. The van der Waals surface area contributed by atoms with Gasteiger partial charge in [-0.15, -0.1) is 4.91 Å².